The highest BCUT2D eigenvalue weighted by atomic mass is 35.5. The van der Waals surface area contributed by atoms with Gasteiger partial charge in [-0.25, -0.2) is 0 Å². The molecule has 2 unspecified atom stereocenters. The van der Waals surface area contributed by atoms with Crippen LogP contribution in [0.5, 0.6) is 0 Å². The van der Waals surface area contributed by atoms with Gasteiger partial charge in [0.1, 0.15) is 12.2 Å². The standard InChI is InChI=1S/C6H11ClO4/c1-10-6-3(8)2-4(11-6)5(7)9/h3-6,8-9H,2H2,1H3/t3-,4+,5?,6?/m1/s1. The fraction of sp³-hybridized carbons (Fsp3) is 1.00. The van der Waals surface area contributed by atoms with Gasteiger partial charge in [-0.3, -0.25) is 0 Å². The predicted molar refractivity (Wildman–Crippen MR) is 38.2 cm³/mol. The minimum atomic E-state index is -1.08. The van der Waals surface area contributed by atoms with Crippen LogP contribution in [0.4, 0.5) is 0 Å². The molecule has 0 amide bonds. The second kappa shape index (κ2) is 3.69. The SMILES string of the molecule is COC1O[C@H](C(O)Cl)C[C@H]1O. The molecule has 0 bridgehead atoms. The Morgan fingerprint density at radius 3 is 2.64 bits per heavy atom. The largest absolute Gasteiger partial charge is 0.388 e. The van der Waals surface area contributed by atoms with Crippen LogP contribution in [0.15, 0.2) is 0 Å². The van der Waals surface area contributed by atoms with Crippen molar-refractivity contribution in [3.63, 3.8) is 0 Å². The monoisotopic (exact) mass is 182 g/mol. The van der Waals surface area contributed by atoms with Crippen LogP contribution >= 0.6 is 11.6 Å². The van der Waals surface area contributed by atoms with E-state index in [0.29, 0.717) is 6.42 Å². The van der Waals surface area contributed by atoms with Crippen LogP contribution in [-0.4, -0.2) is 41.4 Å². The summed E-state index contributed by atoms with van der Waals surface area (Å²) in [6, 6.07) is 0. The molecule has 0 aromatic rings. The van der Waals surface area contributed by atoms with Gasteiger partial charge in [-0.05, 0) is 0 Å². The maximum Gasteiger partial charge on any atom is 0.183 e. The molecule has 0 aromatic carbocycles. The third-order valence-corrected chi connectivity index (χ3v) is 1.92. The van der Waals surface area contributed by atoms with Crippen molar-refractivity contribution in [2.24, 2.45) is 0 Å². The Morgan fingerprint density at radius 2 is 2.36 bits per heavy atom. The number of ether oxygens (including phenoxy) is 2. The molecule has 2 N–H and O–H groups in total. The third-order valence-electron chi connectivity index (χ3n) is 1.64. The summed E-state index contributed by atoms with van der Waals surface area (Å²) in [5.41, 5.74) is -1.08. The fourth-order valence-electron chi connectivity index (χ4n) is 1.06. The molecule has 4 atom stereocenters. The van der Waals surface area contributed by atoms with Crippen LogP contribution in [0.3, 0.4) is 0 Å². The lowest BCUT2D eigenvalue weighted by molar-refractivity contribution is -0.156. The second-order valence-corrected chi connectivity index (χ2v) is 2.90. The van der Waals surface area contributed by atoms with E-state index >= 15 is 0 Å². The molecule has 0 aromatic heterocycles. The summed E-state index contributed by atoms with van der Waals surface area (Å²) < 4.78 is 9.79. The number of halogens is 1. The van der Waals surface area contributed by atoms with Gasteiger partial charge in [0.05, 0.1) is 0 Å². The van der Waals surface area contributed by atoms with Gasteiger partial charge < -0.3 is 19.7 Å². The molecule has 1 rings (SSSR count). The first-order chi connectivity index (χ1) is 5.15. The van der Waals surface area contributed by atoms with E-state index in [1.165, 1.54) is 7.11 Å². The van der Waals surface area contributed by atoms with E-state index in [2.05, 4.69) is 0 Å². The molecule has 5 heteroatoms. The summed E-state index contributed by atoms with van der Waals surface area (Å²) in [5, 5.41) is 18.0. The van der Waals surface area contributed by atoms with Crippen molar-refractivity contribution in [3.8, 4) is 0 Å². The van der Waals surface area contributed by atoms with Crippen molar-refractivity contribution >= 4 is 11.6 Å². The van der Waals surface area contributed by atoms with Crippen molar-refractivity contribution < 1.29 is 19.7 Å². The highest BCUT2D eigenvalue weighted by Crippen LogP contribution is 2.24. The lowest BCUT2D eigenvalue weighted by atomic mass is 10.2. The highest BCUT2D eigenvalue weighted by Gasteiger charge is 2.36. The Labute approximate surface area is 69.7 Å². The molecule has 0 aliphatic carbocycles. The summed E-state index contributed by atoms with van der Waals surface area (Å²) in [4.78, 5) is 0. The van der Waals surface area contributed by atoms with Gasteiger partial charge in [-0.2, -0.15) is 0 Å². The van der Waals surface area contributed by atoms with Gasteiger partial charge in [-0.1, -0.05) is 11.6 Å². The molecule has 1 fully saturated rings. The zero-order valence-corrected chi connectivity index (χ0v) is 6.86. The maximum atomic E-state index is 9.19. The number of hydrogen-bond acceptors (Lipinski definition) is 4. The molecular weight excluding hydrogens is 172 g/mol. The van der Waals surface area contributed by atoms with Crippen molar-refractivity contribution in [2.45, 2.75) is 30.5 Å². The van der Waals surface area contributed by atoms with E-state index in [4.69, 9.17) is 26.2 Å². The number of aliphatic hydroxyl groups is 2. The van der Waals surface area contributed by atoms with Gasteiger partial charge in [0, 0.05) is 13.5 Å². The summed E-state index contributed by atoms with van der Waals surface area (Å²) in [7, 11) is 1.43. The number of rotatable bonds is 2. The van der Waals surface area contributed by atoms with E-state index in [9.17, 15) is 5.11 Å². The summed E-state index contributed by atoms with van der Waals surface area (Å²) in [6.07, 6.45) is -1.58. The van der Waals surface area contributed by atoms with E-state index in [1.54, 1.807) is 0 Å². The lowest BCUT2D eigenvalue weighted by Crippen LogP contribution is -2.23. The molecule has 1 saturated heterocycles. The Bertz CT molecular complexity index is 130. The zero-order valence-electron chi connectivity index (χ0n) is 6.11. The minimum absolute atomic E-state index is 0.309. The third kappa shape index (κ3) is 2.04. The van der Waals surface area contributed by atoms with Gasteiger partial charge in [0.15, 0.2) is 11.9 Å². The zero-order chi connectivity index (χ0) is 8.43. The molecule has 66 valence electrons. The molecule has 0 spiro atoms. The van der Waals surface area contributed by atoms with Crippen molar-refractivity contribution in [3.05, 3.63) is 0 Å². The number of alkyl halides is 1. The van der Waals surface area contributed by atoms with Gasteiger partial charge >= 0.3 is 0 Å². The Hall–Kier alpha value is 0.130. The van der Waals surface area contributed by atoms with E-state index < -0.39 is 24.1 Å². The smallest absolute Gasteiger partial charge is 0.183 e. The van der Waals surface area contributed by atoms with Crippen LogP contribution in [-0.2, 0) is 9.47 Å². The fourth-order valence-corrected chi connectivity index (χ4v) is 1.22. The summed E-state index contributed by atoms with van der Waals surface area (Å²) in [6.45, 7) is 0. The average Bonchev–Trinajstić information content (AvgIpc) is 2.31. The maximum absolute atomic E-state index is 9.19. The van der Waals surface area contributed by atoms with E-state index in [0.717, 1.165) is 0 Å². The first kappa shape index (κ1) is 9.22. The second-order valence-electron chi connectivity index (χ2n) is 2.45. The van der Waals surface area contributed by atoms with Crippen molar-refractivity contribution in [2.75, 3.05) is 7.11 Å². The normalized spacial score (nSPS) is 40.9. The van der Waals surface area contributed by atoms with Crippen molar-refractivity contribution in [1.82, 2.24) is 0 Å². The predicted octanol–water partition coefficient (Wildman–Crippen LogP) is -0.334. The molecule has 11 heavy (non-hydrogen) atoms. The van der Waals surface area contributed by atoms with Gasteiger partial charge in [-0.15, -0.1) is 0 Å². The minimum Gasteiger partial charge on any atom is -0.388 e. The topological polar surface area (TPSA) is 58.9 Å². The molecular formula is C6H11ClO4. The molecule has 0 saturated carbocycles. The number of methoxy groups -OCH3 is 1. The first-order valence-corrected chi connectivity index (χ1v) is 3.77. The Kier molecular flexibility index (Phi) is 3.09. The van der Waals surface area contributed by atoms with Crippen LogP contribution in [0.1, 0.15) is 6.42 Å². The summed E-state index contributed by atoms with van der Waals surface area (Å²) in [5.74, 6) is 0. The molecule has 1 aliphatic rings. The average molecular weight is 183 g/mol. The van der Waals surface area contributed by atoms with E-state index in [-0.39, 0.29) is 0 Å². The number of aliphatic hydroxyl groups excluding tert-OH is 2. The van der Waals surface area contributed by atoms with Gasteiger partial charge in [0.2, 0.25) is 0 Å². The Morgan fingerprint density at radius 1 is 1.73 bits per heavy atom. The van der Waals surface area contributed by atoms with Crippen molar-refractivity contribution in [1.29, 1.82) is 0 Å². The summed E-state index contributed by atoms with van der Waals surface area (Å²) >= 11 is 5.34. The van der Waals surface area contributed by atoms with Crippen LogP contribution in [0.25, 0.3) is 0 Å². The van der Waals surface area contributed by atoms with Crippen LogP contribution < -0.4 is 0 Å². The quantitative estimate of drug-likeness (QED) is 0.574. The van der Waals surface area contributed by atoms with Crippen LogP contribution in [0.2, 0.25) is 0 Å². The molecule has 4 nitrogen and oxygen atoms in total. The first-order valence-electron chi connectivity index (χ1n) is 3.33. The molecule has 1 heterocycles. The van der Waals surface area contributed by atoms with E-state index in [1.807, 2.05) is 0 Å². The molecule has 0 radical (unpaired) electrons. The van der Waals surface area contributed by atoms with Gasteiger partial charge in [0.25, 0.3) is 0 Å². The van der Waals surface area contributed by atoms with Crippen LogP contribution in [0, 0.1) is 0 Å². The Balaban J connectivity index is 2.43. The lowest BCUT2D eigenvalue weighted by Gasteiger charge is -2.12. The highest BCUT2D eigenvalue weighted by molar-refractivity contribution is 6.19. The molecule has 1 aliphatic heterocycles. The number of hydrogen-bond donors (Lipinski definition) is 2.